The van der Waals surface area contributed by atoms with Crippen LogP contribution in [0.15, 0.2) is 28.8 Å². The highest BCUT2D eigenvalue weighted by Crippen LogP contribution is 2.29. The van der Waals surface area contributed by atoms with Crippen molar-refractivity contribution in [1.29, 1.82) is 0 Å². The number of benzene rings is 1. The van der Waals surface area contributed by atoms with E-state index in [1.54, 1.807) is 31.2 Å². The number of hydrogen-bond acceptors (Lipinski definition) is 6. The molecule has 0 aliphatic rings. The maximum absolute atomic E-state index is 12.3. The van der Waals surface area contributed by atoms with Gasteiger partial charge in [0, 0.05) is 32.0 Å². The lowest BCUT2D eigenvalue weighted by molar-refractivity contribution is -0.117. The van der Waals surface area contributed by atoms with Crippen LogP contribution in [0.2, 0.25) is 0 Å². The molecule has 0 spiro atoms. The first kappa shape index (κ1) is 18.3. The van der Waals surface area contributed by atoms with Gasteiger partial charge in [-0.05, 0) is 19.1 Å². The molecule has 25 heavy (non-hydrogen) atoms. The summed E-state index contributed by atoms with van der Waals surface area (Å²) in [6.45, 7) is 3.32. The van der Waals surface area contributed by atoms with Gasteiger partial charge >= 0.3 is 0 Å². The monoisotopic (exact) mass is 347 g/mol. The van der Waals surface area contributed by atoms with Gasteiger partial charge in [-0.15, -0.1) is 0 Å². The van der Waals surface area contributed by atoms with Crippen molar-refractivity contribution in [3.05, 3.63) is 30.0 Å². The van der Waals surface area contributed by atoms with Crippen molar-refractivity contribution in [1.82, 2.24) is 5.16 Å². The van der Waals surface area contributed by atoms with Crippen molar-refractivity contribution in [2.75, 3.05) is 31.0 Å². The molecule has 0 saturated heterocycles. The molecule has 8 heteroatoms. The Morgan fingerprint density at radius 2 is 2.00 bits per heavy atom. The predicted molar refractivity (Wildman–Crippen MR) is 92.1 cm³/mol. The first-order valence-corrected chi connectivity index (χ1v) is 7.68. The molecule has 0 fully saturated rings. The Hall–Kier alpha value is -3.03. The largest absolute Gasteiger partial charge is 0.497 e. The number of anilines is 2. The summed E-state index contributed by atoms with van der Waals surface area (Å²) in [7, 11) is 3.06. The lowest BCUT2D eigenvalue weighted by atomic mass is 10.2. The van der Waals surface area contributed by atoms with E-state index < -0.39 is 0 Å². The molecular formula is C17H21N3O5. The molecule has 1 aromatic carbocycles. The Morgan fingerprint density at radius 3 is 2.56 bits per heavy atom. The summed E-state index contributed by atoms with van der Waals surface area (Å²) in [6, 6.07) is 6.75. The normalized spacial score (nSPS) is 10.2. The van der Waals surface area contributed by atoms with E-state index in [0.717, 1.165) is 0 Å². The second-order valence-electron chi connectivity index (χ2n) is 5.33. The topological polar surface area (TPSA) is 93.9 Å². The number of nitrogens with one attached hydrogen (secondary N) is 1. The summed E-state index contributed by atoms with van der Waals surface area (Å²) in [5, 5.41) is 6.57. The first-order chi connectivity index (χ1) is 11.9. The quantitative estimate of drug-likeness (QED) is 0.826. The standard InChI is InChI=1S/C17H21N3O5/c1-11-9-16(19-25-11)20(12(2)21)8-7-17(22)18-14-10-13(23-3)5-6-15(14)24-4/h5-6,9-10H,7-8H2,1-4H3,(H,18,22). The first-order valence-electron chi connectivity index (χ1n) is 7.68. The van der Waals surface area contributed by atoms with Gasteiger partial charge in [0.25, 0.3) is 0 Å². The third kappa shape index (κ3) is 4.72. The third-order valence-electron chi connectivity index (χ3n) is 3.52. The van der Waals surface area contributed by atoms with E-state index in [2.05, 4.69) is 10.5 Å². The zero-order valence-corrected chi connectivity index (χ0v) is 14.7. The molecule has 0 bridgehead atoms. The number of ether oxygens (including phenoxy) is 2. The molecule has 0 aliphatic carbocycles. The third-order valence-corrected chi connectivity index (χ3v) is 3.52. The average Bonchev–Trinajstić information content (AvgIpc) is 3.00. The van der Waals surface area contributed by atoms with Crippen molar-refractivity contribution < 1.29 is 23.6 Å². The summed E-state index contributed by atoms with van der Waals surface area (Å²) in [6.07, 6.45) is 0.0891. The summed E-state index contributed by atoms with van der Waals surface area (Å²) in [5.74, 6) is 1.60. The summed E-state index contributed by atoms with van der Waals surface area (Å²) in [5.41, 5.74) is 0.499. The molecular weight excluding hydrogens is 326 g/mol. The second kappa shape index (κ2) is 8.18. The summed E-state index contributed by atoms with van der Waals surface area (Å²) >= 11 is 0. The molecule has 0 radical (unpaired) electrons. The molecule has 8 nitrogen and oxygen atoms in total. The van der Waals surface area contributed by atoms with Crippen molar-refractivity contribution in [2.45, 2.75) is 20.3 Å². The number of aromatic nitrogens is 1. The van der Waals surface area contributed by atoms with E-state index in [0.29, 0.717) is 28.8 Å². The van der Waals surface area contributed by atoms with Gasteiger partial charge in [0.1, 0.15) is 17.3 Å². The van der Waals surface area contributed by atoms with Gasteiger partial charge in [0.05, 0.1) is 19.9 Å². The van der Waals surface area contributed by atoms with Crippen LogP contribution in [-0.4, -0.2) is 37.7 Å². The number of rotatable bonds is 7. The van der Waals surface area contributed by atoms with E-state index in [1.807, 2.05) is 0 Å². The lowest BCUT2D eigenvalue weighted by Crippen LogP contribution is -2.32. The fraction of sp³-hybridized carbons (Fsp3) is 0.353. The summed E-state index contributed by atoms with van der Waals surface area (Å²) in [4.78, 5) is 25.4. The van der Waals surface area contributed by atoms with Crippen LogP contribution in [0.1, 0.15) is 19.1 Å². The van der Waals surface area contributed by atoms with Gasteiger partial charge in [0.2, 0.25) is 11.8 Å². The minimum Gasteiger partial charge on any atom is -0.497 e. The average molecular weight is 347 g/mol. The Labute approximate surface area is 145 Å². The molecule has 1 aromatic heterocycles. The van der Waals surface area contributed by atoms with Crippen LogP contribution in [0, 0.1) is 6.92 Å². The molecule has 134 valence electrons. The van der Waals surface area contributed by atoms with Crippen molar-refractivity contribution >= 4 is 23.3 Å². The van der Waals surface area contributed by atoms with Crippen LogP contribution < -0.4 is 19.7 Å². The molecule has 2 rings (SSSR count). The van der Waals surface area contributed by atoms with Crippen molar-refractivity contribution in [3.8, 4) is 11.5 Å². The van der Waals surface area contributed by atoms with Crippen molar-refractivity contribution in [3.63, 3.8) is 0 Å². The van der Waals surface area contributed by atoms with Crippen LogP contribution in [0.25, 0.3) is 0 Å². The molecule has 0 atom stereocenters. The van der Waals surface area contributed by atoms with Crippen molar-refractivity contribution in [2.24, 2.45) is 0 Å². The molecule has 1 heterocycles. The molecule has 0 aliphatic heterocycles. The summed E-state index contributed by atoms with van der Waals surface area (Å²) < 4.78 is 15.4. The predicted octanol–water partition coefficient (Wildman–Crippen LogP) is 2.38. The number of carbonyl (C=O) groups is 2. The number of aryl methyl sites for hydroxylation is 1. The van der Waals surface area contributed by atoms with E-state index in [1.165, 1.54) is 26.0 Å². The second-order valence-corrected chi connectivity index (χ2v) is 5.33. The van der Waals surface area contributed by atoms with E-state index in [9.17, 15) is 9.59 Å². The SMILES string of the molecule is COc1ccc(OC)c(NC(=O)CCN(C(C)=O)c2cc(C)on2)c1. The molecule has 0 unspecified atom stereocenters. The Balaban J connectivity index is 2.03. The molecule has 2 aromatic rings. The maximum atomic E-state index is 12.3. The smallest absolute Gasteiger partial charge is 0.226 e. The van der Waals surface area contributed by atoms with Gasteiger partial charge in [-0.2, -0.15) is 0 Å². The molecule has 2 amide bonds. The molecule has 1 N–H and O–H groups in total. The highest BCUT2D eigenvalue weighted by molar-refractivity contribution is 5.95. The van der Waals surface area contributed by atoms with E-state index in [4.69, 9.17) is 14.0 Å². The van der Waals surface area contributed by atoms with Crippen LogP contribution in [-0.2, 0) is 9.59 Å². The fourth-order valence-corrected chi connectivity index (χ4v) is 2.25. The van der Waals surface area contributed by atoms with Gasteiger partial charge in [-0.1, -0.05) is 5.16 Å². The highest BCUT2D eigenvalue weighted by atomic mass is 16.5. The lowest BCUT2D eigenvalue weighted by Gasteiger charge is -2.17. The Kier molecular flexibility index (Phi) is 5.99. The zero-order chi connectivity index (χ0) is 18.4. The fourth-order valence-electron chi connectivity index (χ4n) is 2.25. The Bertz CT molecular complexity index is 756. The van der Waals surface area contributed by atoms with Crippen LogP contribution in [0.4, 0.5) is 11.5 Å². The number of amides is 2. The molecule has 0 saturated carbocycles. The Morgan fingerprint density at radius 1 is 1.24 bits per heavy atom. The van der Waals surface area contributed by atoms with Crippen LogP contribution in [0.5, 0.6) is 11.5 Å². The minimum absolute atomic E-state index is 0.0891. The van der Waals surface area contributed by atoms with Gasteiger partial charge < -0.3 is 19.3 Å². The van der Waals surface area contributed by atoms with Gasteiger partial charge in [-0.3, -0.25) is 14.5 Å². The highest BCUT2D eigenvalue weighted by Gasteiger charge is 2.17. The van der Waals surface area contributed by atoms with Gasteiger partial charge in [-0.25, -0.2) is 0 Å². The van der Waals surface area contributed by atoms with E-state index in [-0.39, 0.29) is 24.8 Å². The van der Waals surface area contributed by atoms with Crippen LogP contribution >= 0.6 is 0 Å². The van der Waals surface area contributed by atoms with Gasteiger partial charge in [0.15, 0.2) is 5.82 Å². The number of methoxy groups -OCH3 is 2. The maximum Gasteiger partial charge on any atom is 0.226 e. The minimum atomic E-state index is -0.266. The van der Waals surface area contributed by atoms with Crippen LogP contribution in [0.3, 0.4) is 0 Å². The number of nitrogens with zero attached hydrogens (tertiary/aromatic N) is 2. The zero-order valence-electron chi connectivity index (χ0n) is 14.7. The number of carbonyl (C=O) groups excluding carboxylic acids is 2. The van der Waals surface area contributed by atoms with E-state index >= 15 is 0 Å². The number of hydrogen-bond donors (Lipinski definition) is 1.